The Hall–Kier alpha value is -0.0151. The third-order valence-electron chi connectivity index (χ3n) is 4.69. The summed E-state index contributed by atoms with van der Waals surface area (Å²) < 4.78 is 0. The van der Waals surface area contributed by atoms with Gasteiger partial charge in [0.15, 0.2) is 7.98 Å². The minimum atomic E-state index is 0.545. The van der Waals surface area contributed by atoms with E-state index in [-0.39, 0.29) is 0 Å². The Morgan fingerprint density at radius 1 is 1.00 bits per heavy atom. The molecular formula is C15H33BN2. The number of hydrogen-bond donors (Lipinski definition) is 0. The van der Waals surface area contributed by atoms with Crippen molar-refractivity contribution in [3.63, 3.8) is 0 Å². The Labute approximate surface area is 116 Å². The first-order valence-corrected chi connectivity index (χ1v) is 8.00. The van der Waals surface area contributed by atoms with Gasteiger partial charge in [0.25, 0.3) is 0 Å². The number of nitrogens with zero attached hydrogens (tertiary/aromatic N) is 2. The maximum Gasteiger partial charge on any atom is 0.185 e. The molecule has 106 valence electrons. The second kappa shape index (κ2) is 8.21. The normalized spacial score (nSPS) is 21.9. The zero-order valence-electron chi connectivity index (χ0n) is 13.2. The Balaban J connectivity index is 2.29. The minimum Gasteiger partial charge on any atom is -0.346 e. The third kappa shape index (κ3) is 5.75. The van der Waals surface area contributed by atoms with Crippen LogP contribution in [-0.4, -0.2) is 50.4 Å². The molecule has 0 bridgehead atoms. The zero-order valence-corrected chi connectivity index (χ0v) is 13.2. The summed E-state index contributed by atoms with van der Waals surface area (Å²) in [6.07, 6.45) is 8.34. The lowest BCUT2D eigenvalue weighted by Gasteiger charge is -2.39. The van der Waals surface area contributed by atoms with Gasteiger partial charge in [-0.05, 0) is 31.3 Å². The number of piperazine rings is 1. The summed E-state index contributed by atoms with van der Waals surface area (Å²) in [6, 6.07) is 0. The van der Waals surface area contributed by atoms with E-state index in [0.717, 1.165) is 0 Å². The molecule has 0 aromatic heterocycles. The van der Waals surface area contributed by atoms with Crippen LogP contribution >= 0.6 is 0 Å². The first-order valence-electron chi connectivity index (χ1n) is 8.00. The fraction of sp³-hybridized carbons (Fsp3) is 1.00. The lowest BCUT2D eigenvalue weighted by Crippen LogP contribution is -2.48. The van der Waals surface area contributed by atoms with E-state index in [4.69, 9.17) is 0 Å². The average Bonchev–Trinajstić information content (AvgIpc) is 2.38. The van der Waals surface area contributed by atoms with Crippen LogP contribution in [0.4, 0.5) is 0 Å². The van der Waals surface area contributed by atoms with Crippen LogP contribution in [0.5, 0.6) is 0 Å². The van der Waals surface area contributed by atoms with Gasteiger partial charge in [0.1, 0.15) is 0 Å². The fourth-order valence-corrected chi connectivity index (χ4v) is 2.89. The molecule has 1 unspecified atom stereocenters. The Morgan fingerprint density at radius 3 is 2.22 bits per heavy atom. The van der Waals surface area contributed by atoms with Crippen molar-refractivity contribution in [3.05, 3.63) is 0 Å². The van der Waals surface area contributed by atoms with E-state index in [1.54, 1.807) is 0 Å². The third-order valence-corrected chi connectivity index (χ3v) is 4.69. The SMILES string of the molecule is BN1CCN(CC(C)(CC)CCCCCC)CC1. The molecule has 0 saturated carbocycles. The molecule has 2 nitrogen and oxygen atoms in total. The molecule has 1 heterocycles. The van der Waals surface area contributed by atoms with E-state index in [1.165, 1.54) is 71.2 Å². The second-order valence-corrected chi connectivity index (χ2v) is 6.55. The molecule has 0 amide bonds. The van der Waals surface area contributed by atoms with Gasteiger partial charge in [0.2, 0.25) is 0 Å². The van der Waals surface area contributed by atoms with Crippen molar-refractivity contribution in [1.82, 2.24) is 9.71 Å². The molecule has 3 heteroatoms. The van der Waals surface area contributed by atoms with E-state index in [0.29, 0.717) is 5.41 Å². The van der Waals surface area contributed by atoms with Crippen molar-refractivity contribution in [2.24, 2.45) is 5.41 Å². The van der Waals surface area contributed by atoms with Crippen LogP contribution in [0.3, 0.4) is 0 Å². The van der Waals surface area contributed by atoms with Crippen LogP contribution in [0, 0.1) is 5.41 Å². The first-order chi connectivity index (χ1) is 8.59. The van der Waals surface area contributed by atoms with Crippen molar-refractivity contribution in [3.8, 4) is 0 Å². The minimum absolute atomic E-state index is 0.545. The van der Waals surface area contributed by atoms with Crippen LogP contribution in [0.15, 0.2) is 0 Å². The van der Waals surface area contributed by atoms with Gasteiger partial charge in [-0.1, -0.05) is 46.5 Å². The predicted octanol–water partition coefficient (Wildman–Crippen LogP) is 2.54. The fourth-order valence-electron chi connectivity index (χ4n) is 2.89. The highest BCUT2D eigenvalue weighted by Crippen LogP contribution is 2.30. The summed E-state index contributed by atoms with van der Waals surface area (Å²) in [6.45, 7) is 13.5. The molecule has 0 aromatic carbocycles. The molecular weight excluding hydrogens is 219 g/mol. The van der Waals surface area contributed by atoms with E-state index < -0.39 is 0 Å². The van der Waals surface area contributed by atoms with E-state index in [1.807, 2.05) is 0 Å². The van der Waals surface area contributed by atoms with Crippen molar-refractivity contribution in [1.29, 1.82) is 0 Å². The second-order valence-electron chi connectivity index (χ2n) is 6.55. The molecule has 18 heavy (non-hydrogen) atoms. The number of rotatable bonds is 8. The molecule has 0 radical (unpaired) electrons. The lowest BCUT2D eigenvalue weighted by molar-refractivity contribution is 0.112. The molecule has 1 aliphatic heterocycles. The van der Waals surface area contributed by atoms with Gasteiger partial charge < -0.3 is 9.71 Å². The van der Waals surface area contributed by atoms with Gasteiger partial charge in [-0.25, -0.2) is 0 Å². The topological polar surface area (TPSA) is 6.48 Å². The van der Waals surface area contributed by atoms with Crippen molar-refractivity contribution in [2.75, 3.05) is 32.7 Å². The summed E-state index contributed by atoms with van der Waals surface area (Å²) in [5.74, 6) is 0. The average molecular weight is 252 g/mol. The largest absolute Gasteiger partial charge is 0.346 e. The molecule has 0 spiro atoms. The highest BCUT2D eigenvalue weighted by Gasteiger charge is 2.26. The highest BCUT2D eigenvalue weighted by molar-refractivity contribution is 6.04. The van der Waals surface area contributed by atoms with Crippen LogP contribution in [0.25, 0.3) is 0 Å². The summed E-state index contributed by atoms with van der Waals surface area (Å²) in [5, 5.41) is 0. The van der Waals surface area contributed by atoms with Crippen molar-refractivity contribution >= 4 is 7.98 Å². The zero-order chi connectivity index (χ0) is 13.4. The first kappa shape index (κ1) is 16.0. The van der Waals surface area contributed by atoms with Gasteiger partial charge in [-0.15, -0.1) is 0 Å². The molecule has 1 rings (SSSR count). The van der Waals surface area contributed by atoms with E-state index in [2.05, 4.69) is 38.5 Å². The standard InChI is InChI=1S/C15H33BN2/c1-4-6-7-8-9-15(3,5-2)14-17-10-12-18(16)13-11-17/h4-14,16H2,1-3H3. The molecule has 0 aliphatic carbocycles. The van der Waals surface area contributed by atoms with Crippen LogP contribution in [0.2, 0.25) is 0 Å². The number of hydrogen-bond acceptors (Lipinski definition) is 2. The molecule has 1 atom stereocenters. The van der Waals surface area contributed by atoms with Gasteiger partial charge in [-0.3, -0.25) is 0 Å². The molecule has 1 fully saturated rings. The Kier molecular flexibility index (Phi) is 7.32. The molecule has 0 N–H and O–H groups in total. The quantitative estimate of drug-likeness (QED) is 0.484. The summed E-state index contributed by atoms with van der Waals surface area (Å²) in [5.41, 5.74) is 0.545. The predicted molar refractivity (Wildman–Crippen MR) is 83.7 cm³/mol. The van der Waals surface area contributed by atoms with Gasteiger partial charge >= 0.3 is 0 Å². The Bertz CT molecular complexity index is 215. The summed E-state index contributed by atoms with van der Waals surface area (Å²) >= 11 is 0. The van der Waals surface area contributed by atoms with Crippen LogP contribution in [0.1, 0.15) is 59.3 Å². The smallest absolute Gasteiger partial charge is 0.185 e. The molecule has 0 aromatic rings. The van der Waals surface area contributed by atoms with Crippen LogP contribution < -0.4 is 0 Å². The summed E-state index contributed by atoms with van der Waals surface area (Å²) in [7, 11) is 2.24. The van der Waals surface area contributed by atoms with Gasteiger partial charge in [-0.2, -0.15) is 0 Å². The van der Waals surface area contributed by atoms with E-state index >= 15 is 0 Å². The van der Waals surface area contributed by atoms with E-state index in [9.17, 15) is 0 Å². The Morgan fingerprint density at radius 2 is 1.67 bits per heavy atom. The molecule has 1 aliphatic rings. The maximum absolute atomic E-state index is 2.68. The van der Waals surface area contributed by atoms with Crippen molar-refractivity contribution in [2.45, 2.75) is 59.3 Å². The number of unbranched alkanes of at least 4 members (excludes halogenated alkanes) is 3. The van der Waals surface area contributed by atoms with Gasteiger partial charge in [0, 0.05) is 19.6 Å². The molecule has 1 saturated heterocycles. The monoisotopic (exact) mass is 252 g/mol. The highest BCUT2D eigenvalue weighted by atomic mass is 15.2. The van der Waals surface area contributed by atoms with Crippen LogP contribution in [-0.2, 0) is 0 Å². The maximum atomic E-state index is 2.68. The van der Waals surface area contributed by atoms with Gasteiger partial charge in [0.05, 0.1) is 0 Å². The summed E-state index contributed by atoms with van der Waals surface area (Å²) in [4.78, 5) is 5.13. The van der Waals surface area contributed by atoms with Crippen molar-refractivity contribution < 1.29 is 0 Å². The lowest BCUT2D eigenvalue weighted by atomic mass is 9.81.